The molecule has 0 aliphatic heterocycles. The lowest BCUT2D eigenvalue weighted by atomic mass is 9.97. The molecule has 1 atom stereocenters. The van der Waals surface area contributed by atoms with Crippen molar-refractivity contribution in [2.75, 3.05) is 19.7 Å². The molecule has 1 unspecified atom stereocenters. The monoisotopic (exact) mass is 486 g/mol. The molecule has 6 heteroatoms. The molecule has 0 saturated carbocycles. The van der Waals surface area contributed by atoms with Gasteiger partial charge in [-0.3, -0.25) is 9.69 Å². The number of hydrogen-bond donors (Lipinski definition) is 2. The number of ether oxygens (including phenoxy) is 1. The summed E-state index contributed by atoms with van der Waals surface area (Å²) in [6.45, 7) is 5.55. The van der Waals surface area contributed by atoms with E-state index in [1.807, 2.05) is 67.6 Å². The van der Waals surface area contributed by atoms with Crippen molar-refractivity contribution < 1.29 is 19.5 Å². The van der Waals surface area contributed by atoms with Crippen LogP contribution in [-0.2, 0) is 24.2 Å². The Morgan fingerprint density at radius 3 is 2.44 bits per heavy atom. The number of carbonyl (C=O) groups excluding carboxylic acids is 1. The van der Waals surface area contributed by atoms with Gasteiger partial charge in [0.1, 0.15) is 18.5 Å². The van der Waals surface area contributed by atoms with Crippen LogP contribution in [-0.4, -0.2) is 41.7 Å². The summed E-state index contributed by atoms with van der Waals surface area (Å²) in [4.78, 5) is 19.0. The Bertz CT molecular complexity index is 1140. The number of amides is 1. The van der Waals surface area contributed by atoms with Crippen molar-refractivity contribution in [3.63, 3.8) is 0 Å². The standard InChI is InChI=1S/C30H34N2O4/c1-4-11-29-23(2)26(16-17-30(29)36-31-24(3)33)18-19-32(20-25-12-7-5-8-13-25)21-27(34)22-35-28-14-9-6-10-15-28/h1,5-10,12-17,27,34H,11,18-22H2,2-3H3,(H,31,33). The van der Waals surface area contributed by atoms with Gasteiger partial charge in [0.25, 0.3) is 0 Å². The molecular weight excluding hydrogens is 452 g/mol. The topological polar surface area (TPSA) is 71.0 Å². The van der Waals surface area contributed by atoms with E-state index in [9.17, 15) is 9.90 Å². The number of carbonyl (C=O) groups is 1. The van der Waals surface area contributed by atoms with Gasteiger partial charge in [0.05, 0.1) is 0 Å². The predicted octanol–water partition coefficient (Wildman–Crippen LogP) is 4.09. The lowest BCUT2D eigenvalue weighted by Gasteiger charge is -2.26. The van der Waals surface area contributed by atoms with E-state index in [1.165, 1.54) is 12.5 Å². The third kappa shape index (κ3) is 8.46. The molecule has 0 aliphatic rings. The highest BCUT2D eigenvalue weighted by Crippen LogP contribution is 2.26. The molecule has 0 fully saturated rings. The van der Waals surface area contributed by atoms with E-state index < -0.39 is 6.10 Å². The zero-order chi connectivity index (χ0) is 25.8. The van der Waals surface area contributed by atoms with Crippen LogP contribution in [0.1, 0.15) is 29.2 Å². The minimum absolute atomic E-state index is 0.218. The molecular formula is C30H34N2O4. The van der Waals surface area contributed by atoms with Crippen molar-refractivity contribution in [1.82, 2.24) is 10.4 Å². The maximum atomic E-state index is 11.3. The third-order valence-electron chi connectivity index (χ3n) is 5.85. The first kappa shape index (κ1) is 26.8. The molecule has 6 nitrogen and oxygen atoms in total. The molecule has 0 aromatic heterocycles. The van der Waals surface area contributed by atoms with E-state index in [4.69, 9.17) is 16.0 Å². The number of terminal acetylenes is 1. The van der Waals surface area contributed by atoms with E-state index in [0.717, 1.165) is 35.4 Å². The number of nitrogens with zero attached hydrogens (tertiary/aromatic N) is 1. The summed E-state index contributed by atoms with van der Waals surface area (Å²) in [5.74, 6) is 3.69. The normalized spacial score (nSPS) is 11.5. The molecule has 36 heavy (non-hydrogen) atoms. The number of rotatable bonds is 13. The molecule has 0 spiro atoms. The van der Waals surface area contributed by atoms with E-state index in [1.54, 1.807) is 0 Å². The average molecular weight is 487 g/mol. The lowest BCUT2D eigenvalue weighted by Crippen LogP contribution is -2.36. The second kappa shape index (κ2) is 13.9. The van der Waals surface area contributed by atoms with Gasteiger partial charge >= 0.3 is 0 Å². The van der Waals surface area contributed by atoms with Crippen molar-refractivity contribution in [2.24, 2.45) is 0 Å². The van der Waals surface area contributed by atoms with Crippen LogP contribution < -0.4 is 15.1 Å². The van der Waals surface area contributed by atoms with Gasteiger partial charge in [-0.2, -0.15) is 5.48 Å². The molecule has 0 bridgehead atoms. The van der Waals surface area contributed by atoms with Crippen LogP contribution >= 0.6 is 0 Å². The molecule has 0 radical (unpaired) electrons. The predicted molar refractivity (Wildman–Crippen MR) is 142 cm³/mol. The van der Waals surface area contributed by atoms with Crippen molar-refractivity contribution >= 4 is 5.91 Å². The van der Waals surface area contributed by atoms with Crippen molar-refractivity contribution in [1.29, 1.82) is 0 Å². The van der Waals surface area contributed by atoms with E-state index in [-0.39, 0.29) is 12.5 Å². The highest BCUT2D eigenvalue weighted by molar-refractivity contribution is 5.71. The summed E-state index contributed by atoms with van der Waals surface area (Å²) < 4.78 is 5.76. The third-order valence-corrected chi connectivity index (χ3v) is 5.85. The molecule has 1 amide bonds. The highest BCUT2D eigenvalue weighted by atomic mass is 16.7. The second-order valence-electron chi connectivity index (χ2n) is 8.72. The fourth-order valence-corrected chi connectivity index (χ4v) is 4.01. The van der Waals surface area contributed by atoms with Crippen LogP contribution in [0, 0.1) is 19.3 Å². The van der Waals surface area contributed by atoms with Crippen LogP contribution in [0.2, 0.25) is 0 Å². The Labute approximate surface area is 213 Å². The summed E-state index contributed by atoms with van der Waals surface area (Å²) in [6, 6.07) is 23.6. The molecule has 3 rings (SSSR count). The minimum Gasteiger partial charge on any atom is -0.491 e. The zero-order valence-corrected chi connectivity index (χ0v) is 20.9. The van der Waals surface area contributed by atoms with Crippen molar-refractivity contribution in [3.8, 4) is 23.8 Å². The summed E-state index contributed by atoms with van der Waals surface area (Å²) in [5.41, 5.74) is 6.62. The van der Waals surface area contributed by atoms with Gasteiger partial charge < -0.3 is 14.7 Å². The molecule has 3 aromatic rings. The maximum absolute atomic E-state index is 11.3. The summed E-state index contributed by atoms with van der Waals surface area (Å²) in [5, 5.41) is 10.7. The largest absolute Gasteiger partial charge is 0.491 e. The van der Waals surface area contributed by atoms with Gasteiger partial charge in [0, 0.05) is 38.5 Å². The Morgan fingerprint density at radius 2 is 1.78 bits per heavy atom. The van der Waals surface area contributed by atoms with E-state index in [0.29, 0.717) is 25.3 Å². The van der Waals surface area contributed by atoms with Crippen molar-refractivity contribution in [2.45, 2.75) is 39.3 Å². The van der Waals surface area contributed by atoms with Gasteiger partial charge in [-0.25, -0.2) is 0 Å². The quantitative estimate of drug-likeness (QED) is 0.281. The van der Waals surface area contributed by atoms with Gasteiger partial charge in [0.2, 0.25) is 5.91 Å². The molecule has 0 aliphatic carbocycles. The maximum Gasteiger partial charge on any atom is 0.249 e. The molecule has 3 aromatic carbocycles. The summed E-state index contributed by atoms with van der Waals surface area (Å²) in [6.07, 6.45) is 6.13. The average Bonchev–Trinajstić information content (AvgIpc) is 2.88. The Morgan fingerprint density at radius 1 is 1.08 bits per heavy atom. The first-order valence-electron chi connectivity index (χ1n) is 12.1. The fraction of sp³-hybridized carbons (Fsp3) is 0.300. The SMILES string of the molecule is C#CCc1c(ONC(C)=O)ccc(CCN(Cc2ccccc2)CC(O)COc2ccccc2)c1C. The Kier molecular flexibility index (Phi) is 10.4. The molecule has 0 saturated heterocycles. The number of hydroxylamine groups is 1. The first-order chi connectivity index (χ1) is 17.5. The number of para-hydroxylation sites is 1. The minimum atomic E-state index is -0.638. The zero-order valence-electron chi connectivity index (χ0n) is 20.9. The number of nitrogens with one attached hydrogen (secondary N) is 1. The number of hydrogen-bond acceptors (Lipinski definition) is 5. The van der Waals surface area contributed by atoms with Gasteiger partial charge in [-0.1, -0.05) is 54.6 Å². The fourth-order valence-electron chi connectivity index (χ4n) is 4.01. The van der Waals surface area contributed by atoms with Crippen LogP contribution in [0.3, 0.4) is 0 Å². The summed E-state index contributed by atoms with van der Waals surface area (Å²) in [7, 11) is 0. The van der Waals surface area contributed by atoms with Crippen LogP contribution in [0.25, 0.3) is 0 Å². The number of aliphatic hydroxyl groups is 1. The highest BCUT2D eigenvalue weighted by Gasteiger charge is 2.16. The van der Waals surface area contributed by atoms with E-state index >= 15 is 0 Å². The van der Waals surface area contributed by atoms with Crippen LogP contribution in [0.15, 0.2) is 72.8 Å². The van der Waals surface area contributed by atoms with Gasteiger partial charge in [-0.05, 0) is 48.2 Å². The number of aliphatic hydroxyl groups excluding tert-OH is 1. The van der Waals surface area contributed by atoms with Crippen LogP contribution in [0.5, 0.6) is 11.5 Å². The smallest absolute Gasteiger partial charge is 0.249 e. The Hall–Kier alpha value is -3.79. The second-order valence-corrected chi connectivity index (χ2v) is 8.72. The summed E-state index contributed by atoms with van der Waals surface area (Å²) >= 11 is 0. The molecule has 188 valence electrons. The van der Waals surface area contributed by atoms with Gasteiger partial charge in [0.15, 0.2) is 5.75 Å². The molecule has 0 heterocycles. The molecule has 2 N–H and O–H groups in total. The Balaban J connectivity index is 1.69. The lowest BCUT2D eigenvalue weighted by molar-refractivity contribution is -0.125. The van der Waals surface area contributed by atoms with Gasteiger partial charge in [-0.15, -0.1) is 12.3 Å². The number of benzene rings is 3. The van der Waals surface area contributed by atoms with E-state index in [2.05, 4.69) is 28.4 Å². The first-order valence-corrected chi connectivity index (χ1v) is 12.1. The van der Waals surface area contributed by atoms with Crippen molar-refractivity contribution in [3.05, 3.63) is 95.1 Å². The van der Waals surface area contributed by atoms with Crippen LogP contribution in [0.4, 0.5) is 0 Å².